The topological polar surface area (TPSA) is 73.9 Å². The second-order valence-corrected chi connectivity index (χ2v) is 5.80. The molecule has 2 aromatic carbocycles. The monoisotopic (exact) mass is 357 g/mol. The number of esters is 1. The molecule has 0 fully saturated rings. The van der Waals surface area contributed by atoms with Crippen LogP contribution in [0, 0.1) is 6.92 Å². The Hall–Kier alpha value is -3.02. The molecule has 138 valence electrons. The summed E-state index contributed by atoms with van der Waals surface area (Å²) in [6.07, 6.45) is -0.901. The minimum atomic E-state index is -0.901. The van der Waals surface area contributed by atoms with Gasteiger partial charge >= 0.3 is 5.97 Å². The van der Waals surface area contributed by atoms with Gasteiger partial charge in [0.15, 0.2) is 12.7 Å². The van der Waals surface area contributed by atoms with Crippen LogP contribution in [0.25, 0.3) is 0 Å². The molecule has 26 heavy (non-hydrogen) atoms. The summed E-state index contributed by atoms with van der Waals surface area (Å²) in [5.41, 5.74) is 1.95. The van der Waals surface area contributed by atoms with Crippen LogP contribution in [0.5, 0.6) is 11.5 Å². The Labute approximate surface area is 153 Å². The summed E-state index contributed by atoms with van der Waals surface area (Å²) in [5, 5.41) is 2.73. The van der Waals surface area contributed by atoms with E-state index in [0.717, 1.165) is 16.9 Å². The number of carbonyl (C=O) groups is 2. The number of hydrogen-bond acceptors (Lipinski definition) is 5. The zero-order valence-electron chi connectivity index (χ0n) is 15.2. The third kappa shape index (κ3) is 6.12. The zero-order valence-corrected chi connectivity index (χ0v) is 15.2. The van der Waals surface area contributed by atoms with Crippen LogP contribution in [0.15, 0.2) is 48.5 Å². The van der Waals surface area contributed by atoms with Crippen molar-refractivity contribution < 1.29 is 23.8 Å². The quantitative estimate of drug-likeness (QED) is 0.735. The lowest BCUT2D eigenvalue weighted by atomic mass is 10.2. The highest BCUT2D eigenvalue weighted by Gasteiger charge is 2.17. The molecule has 6 nitrogen and oxygen atoms in total. The lowest BCUT2D eigenvalue weighted by molar-refractivity contribution is -0.156. The molecule has 0 aliphatic heterocycles. The Morgan fingerprint density at radius 1 is 1.08 bits per heavy atom. The van der Waals surface area contributed by atoms with E-state index in [-0.39, 0.29) is 12.5 Å². The zero-order chi connectivity index (χ0) is 18.9. The van der Waals surface area contributed by atoms with Gasteiger partial charge in [-0.3, -0.25) is 4.79 Å². The van der Waals surface area contributed by atoms with Crippen molar-refractivity contribution in [3.8, 4) is 11.5 Å². The van der Waals surface area contributed by atoms with Gasteiger partial charge in [0, 0.05) is 6.54 Å². The molecule has 0 saturated heterocycles. The molecule has 1 amide bonds. The van der Waals surface area contributed by atoms with Crippen LogP contribution in [0.2, 0.25) is 0 Å². The predicted octanol–water partition coefficient (Wildman–Crippen LogP) is 2.63. The van der Waals surface area contributed by atoms with E-state index in [0.29, 0.717) is 12.3 Å². The maximum Gasteiger partial charge on any atom is 0.344 e. The predicted molar refractivity (Wildman–Crippen MR) is 97.1 cm³/mol. The van der Waals surface area contributed by atoms with Gasteiger partial charge in [-0.15, -0.1) is 0 Å². The van der Waals surface area contributed by atoms with Crippen LogP contribution in [0.4, 0.5) is 0 Å². The fraction of sp³-hybridized carbons (Fsp3) is 0.300. The summed E-state index contributed by atoms with van der Waals surface area (Å²) in [7, 11) is 1.59. The maximum atomic E-state index is 12.0. The Balaban J connectivity index is 1.73. The molecule has 0 aromatic heterocycles. The highest BCUT2D eigenvalue weighted by atomic mass is 16.6. The summed E-state index contributed by atoms with van der Waals surface area (Å²) in [6.45, 7) is 3.54. The van der Waals surface area contributed by atoms with E-state index in [1.165, 1.54) is 6.92 Å². The van der Waals surface area contributed by atoms with Crippen molar-refractivity contribution in [1.82, 2.24) is 5.32 Å². The summed E-state index contributed by atoms with van der Waals surface area (Å²) in [6, 6.07) is 14.7. The second-order valence-electron chi connectivity index (χ2n) is 5.80. The molecule has 6 heteroatoms. The normalized spacial score (nSPS) is 11.3. The first kappa shape index (κ1) is 19.3. The van der Waals surface area contributed by atoms with Gasteiger partial charge in [-0.25, -0.2) is 4.79 Å². The summed E-state index contributed by atoms with van der Waals surface area (Å²) in [5.74, 6) is 0.359. The molecule has 0 spiro atoms. The van der Waals surface area contributed by atoms with Gasteiger partial charge in [-0.05, 0) is 49.2 Å². The number of hydrogen-bond donors (Lipinski definition) is 1. The fourth-order valence-corrected chi connectivity index (χ4v) is 2.21. The van der Waals surface area contributed by atoms with E-state index >= 15 is 0 Å². The number of aryl methyl sites for hydroxylation is 1. The number of methoxy groups -OCH3 is 1. The van der Waals surface area contributed by atoms with Crippen LogP contribution < -0.4 is 14.8 Å². The van der Waals surface area contributed by atoms with Crippen molar-refractivity contribution in [2.45, 2.75) is 26.5 Å². The van der Waals surface area contributed by atoms with Gasteiger partial charge in [-0.1, -0.05) is 24.3 Å². The third-order valence-electron chi connectivity index (χ3n) is 3.65. The standard InChI is InChI=1S/C20H23NO5/c1-14-5-4-6-18(11-14)25-13-19(22)26-15(2)20(23)21-12-16-7-9-17(24-3)10-8-16/h4-11,15H,12-13H2,1-3H3,(H,21,23)/t15-/m0/s1. The van der Waals surface area contributed by atoms with E-state index in [2.05, 4.69) is 5.32 Å². The van der Waals surface area contributed by atoms with Crippen LogP contribution >= 0.6 is 0 Å². The van der Waals surface area contributed by atoms with E-state index in [1.54, 1.807) is 13.2 Å². The second kappa shape index (κ2) is 9.46. The van der Waals surface area contributed by atoms with Crippen LogP contribution in [0.3, 0.4) is 0 Å². The van der Waals surface area contributed by atoms with Gasteiger partial charge in [0.25, 0.3) is 5.91 Å². The lowest BCUT2D eigenvalue weighted by Crippen LogP contribution is -2.36. The molecule has 0 bridgehead atoms. The van der Waals surface area contributed by atoms with E-state index < -0.39 is 12.1 Å². The summed E-state index contributed by atoms with van der Waals surface area (Å²) >= 11 is 0. The molecule has 2 rings (SSSR count). The van der Waals surface area contributed by atoms with Crippen molar-refractivity contribution in [2.24, 2.45) is 0 Å². The largest absolute Gasteiger partial charge is 0.497 e. The molecule has 0 aliphatic rings. The first-order valence-electron chi connectivity index (χ1n) is 8.27. The Morgan fingerprint density at radius 3 is 2.46 bits per heavy atom. The van der Waals surface area contributed by atoms with Crippen molar-refractivity contribution >= 4 is 11.9 Å². The van der Waals surface area contributed by atoms with Gasteiger partial charge in [-0.2, -0.15) is 0 Å². The highest BCUT2D eigenvalue weighted by Crippen LogP contribution is 2.13. The van der Waals surface area contributed by atoms with Gasteiger partial charge in [0.2, 0.25) is 0 Å². The van der Waals surface area contributed by atoms with Gasteiger partial charge in [0.1, 0.15) is 11.5 Å². The molecule has 0 aliphatic carbocycles. The van der Waals surface area contributed by atoms with E-state index in [4.69, 9.17) is 14.2 Å². The average Bonchev–Trinajstić information content (AvgIpc) is 2.65. The van der Waals surface area contributed by atoms with Crippen molar-refractivity contribution in [2.75, 3.05) is 13.7 Å². The molecule has 0 unspecified atom stereocenters. The maximum absolute atomic E-state index is 12.0. The average molecular weight is 357 g/mol. The SMILES string of the molecule is COc1ccc(CNC(=O)[C@H](C)OC(=O)COc2cccc(C)c2)cc1. The Kier molecular flexibility index (Phi) is 7.02. The molecule has 0 saturated carbocycles. The molecule has 2 aromatic rings. The lowest BCUT2D eigenvalue weighted by Gasteiger charge is -2.14. The molecule has 0 heterocycles. The molecular weight excluding hydrogens is 334 g/mol. The summed E-state index contributed by atoms with van der Waals surface area (Å²) < 4.78 is 15.5. The van der Waals surface area contributed by atoms with E-state index in [9.17, 15) is 9.59 Å². The number of rotatable bonds is 8. The summed E-state index contributed by atoms with van der Waals surface area (Å²) in [4.78, 5) is 23.9. The minimum absolute atomic E-state index is 0.250. The van der Waals surface area contributed by atoms with Crippen LogP contribution in [0.1, 0.15) is 18.1 Å². The molecular formula is C20H23NO5. The van der Waals surface area contributed by atoms with Crippen LogP contribution in [-0.4, -0.2) is 31.7 Å². The number of amides is 1. The van der Waals surface area contributed by atoms with Crippen molar-refractivity contribution in [3.63, 3.8) is 0 Å². The van der Waals surface area contributed by atoms with E-state index in [1.807, 2.05) is 49.4 Å². The van der Waals surface area contributed by atoms with Crippen LogP contribution in [-0.2, 0) is 20.9 Å². The number of ether oxygens (including phenoxy) is 3. The number of nitrogens with one attached hydrogen (secondary N) is 1. The first-order valence-corrected chi connectivity index (χ1v) is 8.27. The molecule has 0 radical (unpaired) electrons. The van der Waals surface area contributed by atoms with Gasteiger partial charge < -0.3 is 19.5 Å². The number of benzene rings is 2. The molecule has 1 N–H and O–H groups in total. The van der Waals surface area contributed by atoms with Crippen molar-refractivity contribution in [3.05, 3.63) is 59.7 Å². The number of carbonyl (C=O) groups excluding carboxylic acids is 2. The third-order valence-corrected chi connectivity index (χ3v) is 3.65. The molecule has 1 atom stereocenters. The fourth-order valence-electron chi connectivity index (χ4n) is 2.21. The Bertz CT molecular complexity index is 742. The van der Waals surface area contributed by atoms with Crippen molar-refractivity contribution in [1.29, 1.82) is 0 Å². The Morgan fingerprint density at radius 2 is 1.81 bits per heavy atom. The smallest absolute Gasteiger partial charge is 0.344 e. The highest BCUT2D eigenvalue weighted by molar-refractivity contribution is 5.83. The minimum Gasteiger partial charge on any atom is -0.497 e. The first-order chi connectivity index (χ1) is 12.5. The van der Waals surface area contributed by atoms with Gasteiger partial charge in [0.05, 0.1) is 7.11 Å².